The molecule has 0 aliphatic rings. The smallest absolute Gasteiger partial charge is 0.0568 e. The molecule has 0 heterocycles. The molecule has 10 heavy (non-hydrogen) atoms. The molecule has 0 rings (SSSR count). The molecule has 0 bridgehead atoms. The molecule has 60 valence electrons. The van der Waals surface area contributed by atoms with Crippen LogP contribution in [0.1, 0.15) is 33.1 Å². The Hall–Kier alpha value is -0.300. The Kier molecular flexibility index (Phi) is 5.32. The van der Waals surface area contributed by atoms with Crippen molar-refractivity contribution in [2.75, 3.05) is 0 Å². The lowest BCUT2D eigenvalue weighted by Crippen LogP contribution is -2.17. The molecule has 1 heteroatoms. The largest absolute Gasteiger partial charge is 0.393 e. The van der Waals surface area contributed by atoms with Gasteiger partial charge in [-0.25, -0.2) is 0 Å². The van der Waals surface area contributed by atoms with Gasteiger partial charge in [0.25, 0.3) is 0 Å². The fourth-order valence-electron chi connectivity index (χ4n) is 1.14. The van der Waals surface area contributed by atoms with Crippen LogP contribution in [0.15, 0.2) is 12.7 Å². The molecule has 0 fully saturated rings. The molecule has 0 radical (unpaired) electrons. The van der Waals surface area contributed by atoms with Gasteiger partial charge in [0.05, 0.1) is 6.10 Å². The summed E-state index contributed by atoms with van der Waals surface area (Å²) in [5.74, 6) is 0.419. The first-order valence-electron chi connectivity index (χ1n) is 4.05. The van der Waals surface area contributed by atoms with Gasteiger partial charge in [-0.2, -0.15) is 0 Å². The van der Waals surface area contributed by atoms with Crippen molar-refractivity contribution in [3.63, 3.8) is 0 Å². The third-order valence-corrected chi connectivity index (χ3v) is 1.96. The maximum Gasteiger partial charge on any atom is 0.0568 e. The van der Waals surface area contributed by atoms with Gasteiger partial charge in [0.1, 0.15) is 0 Å². The van der Waals surface area contributed by atoms with Crippen LogP contribution in [0.2, 0.25) is 0 Å². The second-order valence-electron chi connectivity index (χ2n) is 2.67. The highest BCUT2D eigenvalue weighted by molar-refractivity contribution is 4.76. The minimum Gasteiger partial charge on any atom is -0.393 e. The molecule has 0 spiro atoms. The number of aliphatic hydroxyl groups excluding tert-OH is 1. The van der Waals surface area contributed by atoms with Gasteiger partial charge in [0.2, 0.25) is 0 Å². The summed E-state index contributed by atoms with van der Waals surface area (Å²) in [5.41, 5.74) is 0. The van der Waals surface area contributed by atoms with E-state index in [4.69, 9.17) is 0 Å². The molecule has 2 atom stereocenters. The third kappa shape index (κ3) is 3.02. The van der Waals surface area contributed by atoms with Crippen molar-refractivity contribution in [3.8, 4) is 0 Å². The van der Waals surface area contributed by atoms with Crippen molar-refractivity contribution < 1.29 is 5.11 Å². The Balaban J connectivity index is 3.67. The molecular formula is C9H18O. The van der Waals surface area contributed by atoms with Crippen molar-refractivity contribution in [3.05, 3.63) is 12.7 Å². The summed E-state index contributed by atoms with van der Waals surface area (Å²) in [6, 6.07) is 0. The zero-order valence-electron chi connectivity index (χ0n) is 7.01. The molecule has 0 aromatic carbocycles. The van der Waals surface area contributed by atoms with Crippen LogP contribution in [-0.2, 0) is 0 Å². The van der Waals surface area contributed by atoms with Gasteiger partial charge in [-0.05, 0) is 18.8 Å². The first kappa shape index (κ1) is 9.70. The normalized spacial score (nSPS) is 16.3. The van der Waals surface area contributed by atoms with Crippen LogP contribution >= 0.6 is 0 Å². The summed E-state index contributed by atoms with van der Waals surface area (Å²) in [4.78, 5) is 0. The van der Waals surface area contributed by atoms with Crippen LogP contribution in [0.4, 0.5) is 0 Å². The third-order valence-electron chi connectivity index (χ3n) is 1.96. The van der Waals surface area contributed by atoms with Crippen LogP contribution in [0.25, 0.3) is 0 Å². The Bertz CT molecular complexity index is 88.7. The average Bonchev–Trinajstić information content (AvgIpc) is 1.99. The van der Waals surface area contributed by atoms with Crippen molar-refractivity contribution in [1.29, 1.82) is 0 Å². The Labute approximate surface area is 63.8 Å². The van der Waals surface area contributed by atoms with Crippen LogP contribution in [0.3, 0.4) is 0 Å². The number of rotatable bonds is 5. The van der Waals surface area contributed by atoms with Crippen molar-refractivity contribution in [2.45, 2.75) is 39.2 Å². The fourth-order valence-corrected chi connectivity index (χ4v) is 1.14. The Morgan fingerprint density at radius 3 is 2.30 bits per heavy atom. The standard InChI is InChI=1S/C9H18O/c1-4-7-8(5-2)9(10)6-3/h4,8-10H,1,5-7H2,2-3H3/t8-,9-/m1/s1. The number of hydrogen-bond acceptors (Lipinski definition) is 1. The van der Waals surface area contributed by atoms with Crippen molar-refractivity contribution in [1.82, 2.24) is 0 Å². The van der Waals surface area contributed by atoms with E-state index in [0.717, 1.165) is 19.3 Å². The quantitative estimate of drug-likeness (QED) is 0.584. The monoisotopic (exact) mass is 142 g/mol. The highest BCUT2D eigenvalue weighted by Gasteiger charge is 2.12. The maximum atomic E-state index is 9.40. The van der Waals surface area contributed by atoms with E-state index in [1.807, 2.05) is 13.0 Å². The molecule has 1 N–H and O–H groups in total. The molecule has 0 saturated heterocycles. The molecule has 0 aromatic rings. The lowest BCUT2D eigenvalue weighted by Gasteiger charge is -2.17. The van der Waals surface area contributed by atoms with E-state index < -0.39 is 0 Å². The fraction of sp³-hybridized carbons (Fsp3) is 0.778. The zero-order chi connectivity index (χ0) is 7.98. The second kappa shape index (κ2) is 5.48. The number of aliphatic hydroxyl groups is 1. The summed E-state index contributed by atoms with van der Waals surface area (Å²) < 4.78 is 0. The predicted octanol–water partition coefficient (Wildman–Crippen LogP) is 2.36. The van der Waals surface area contributed by atoms with Crippen LogP contribution < -0.4 is 0 Å². The van der Waals surface area contributed by atoms with Gasteiger partial charge in [-0.15, -0.1) is 6.58 Å². The van der Waals surface area contributed by atoms with Crippen LogP contribution in [-0.4, -0.2) is 11.2 Å². The van der Waals surface area contributed by atoms with Gasteiger partial charge in [0.15, 0.2) is 0 Å². The van der Waals surface area contributed by atoms with E-state index in [0.29, 0.717) is 5.92 Å². The molecule has 0 unspecified atom stereocenters. The predicted molar refractivity (Wildman–Crippen MR) is 44.9 cm³/mol. The molecule has 0 aliphatic heterocycles. The minimum atomic E-state index is -0.136. The Morgan fingerprint density at radius 2 is 2.00 bits per heavy atom. The summed E-state index contributed by atoms with van der Waals surface area (Å²) in [6.07, 6.45) is 4.58. The zero-order valence-corrected chi connectivity index (χ0v) is 7.01. The second-order valence-corrected chi connectivity index (χ2v) is 2.67. The molecular weight excluding hydrogens is 124 g/mol. The van der Waals surface area contributed by atoms with E-state index in [1.54, 1.807) is 0 Å². The Morgan fingerprint density at radius 1 is 1.40 bits per heavy atom. The SMILES string of the molecule is C=CC[C@@H](CC)[C@H](O)CC. The van der Waals surface area contributed by atoms with Crippen LogP contribution in [0.5, 0.6) is 0 Å². The van der Waals surface area contributed by atoms with E-state index in [-0.39, 0.29) is 6.10 Å². The minimum absolute atomic E-state index is 0.136. The summed E-state index contributed by atoms with van der Waals surface area (Å²) in [6.45, 7) is 7.77. The molecule has 0 aromatic heterocycles. The first-order valence-corrected chi connectivity index (χ1v) is 4.05. The number of allylic oxidation sites excluding steroid dienone is 1. The van der Waals surface area contributed by atoms with E-state index in [1.165, 1.54) is 0 Å². The van der Waals surface area contributed by atoms with E-state index in [9.17, 15) is 5.11 Å². The first-order chi connectivity index (χ1) is 4.76. The van der Waals surface area contributed by atoms with E-state index >= 15 is 0 Å². The average molecular weight is 142 g/mol. The molecule has 0 aliphatic carbocycles. The molecule has 0 saturated carbocycles. The lowest BCUT2D eigenvalue weighted by atomic mass is 9.94. The topological polar surface area (TPSA) is 20.2 Å². The van der Waals surface area contributed by atoms with Crippen molar-refractivity contribution in [2.24, 2.45) is 5.92 Å². The molecule has 1 nitrogen and oxygen atoms in total. The van der Waals surface area contributed by atoms with Crippen LogP contribution in [0, 0.1) is 5.92 Å². The van der Waals surface area contributed by atoms with Gasteiger partial charge in [-0.3, -0.25) is 0 Å². The summed E-state index contributed by atoms with van der Waals surface area (Å²) >= 11 is 0. The highest BCUT2D eigenvalue weighted by Crippen LogP contribution is 2.15. The van der Waals surface area contributed by atoms with Gasteiger partial charge >= 0.3 is 0 Å². The lowest BCUT2D eigenvalue weighted by molar-refractivity contribution is 0.103. The van der Waals surface area contributed by atoms with E-state index in [2.05, 4.69) is 13.5 Å². The van der Waals surface area contributed by atoms with Crippen molar-refractivity contribution >= 4 is 0 Å². The number of hydrogen-bond donors (Lipinski definition) is 1. The summed E-state index contributed by atoms with van der Waals surface area (Å²) in [5, 5.41) is 9.40. The highest BCUT2D eigenvalue weighted by atomic mass is 16.3. The van der Waals surface area contributed by atoms with Gasteiger partial charge in [-0.1, -0.05) is 26.3 Å². The summed E-state index contributed by atoms with van der Waals surface area (Å²) in [7, 11) is 0. The van der Waals surface area contributed by atoms with Gasteiger partial charge < -0.3 is 5.11 Å². The van der Waals surface area contributed by atoms with Gasteiger partial charge in [0, 0.05) is 0 Å². The molecule has 0 amide bonds. The maximum absolute atomic E-state index is 9.40.